The van der Waals surface area contributed by atoms with E-state index in [2.05, 4.69) is 4.98 Å². The number of aliphatic hydroxyl groups is 1. The van der Waals surface area contributed by atoms with Crippen LogP contribution < -0.4 is 0 Å². The van der Waals surface area contributed by atoms with Crippen molar-refractivity contribution < 1.29 is 13.5 Å². The number of hydrogen-bond donors (Lipinski definition) is 1. The molecule has 16 heavy (non-hydrogen) atoms. The molecule has 0 aromatic carbocycles. The molecular weight excluding hydrogens is 272 g/mol. The fourth-order valence-corrected chi connectivity index (χ4v) is 4.89. The van der Waals surface area contributed by atoms with Crippen molar-refractivity contribution in [3.63, 3.8) is 0 Å². The third kappa shape index (κ3) is 2.10. The number of sulfonamides is 1. The van der Waals surface area contributed by atoms with E-state index < -0.39 is 10.0 Å². The molecule has 0 aliphatic carbocycles. The first kappa shape index (κ1) is 12.3. The fraction of sp³-hybridized carbons (Fsp3) is 0.625. The average Bonchev–Trinajstić information content (AvgIpc) is 2.85. The molecule has 1 aliphatic rings. The number of aromatic nitrogens is 1. The number of thiazole rings is 1. The zero-order chi connectivity index (χ0) is 11.8. The molecule has 1 aromatic heterocycles. The van der Waals surface area contributed by atoms with Gasteiger partial charge in [0.2, 0.25) is 0 Å². The second-order valence-electron chi connectivity index (χ2n) is 3.53. The van der Waals surface area contributed by atoms with E-state index in [4.69, 9.17) is 16.7 Å². The van der Waals surface area contributed by atoms with Gasteiger partial charge in [0.15, 0.2) is 8.68 Å². The van der Waals surface area contributed by atoms with Crippen LogP contribution in [0.25, 0.3) is 0 Å². The van der Waals surface area contributed by atoms with E-state index in [1.165, 1.54) is 10.5 Å². The summed E-state index contributed by atoms with van der Waals surface area (Å²) in [5.74, 6) is 0. The maximum atomic E-state index is 12.1. The van der Waals surface area contributed by atoms with Gasteiger partial charge < -0.3 is 5.11 Å². The summed E-state index contributed by atoms with van der Waals surface area (Å²) in [7, 11) is -3.53. The maximum absolute atomic E-state index is 12.1. The summed E-state index contributed by atoms with van der Waals surface area (Å²) in [5.41, 5.74) is 0. The number of aliphatic hydroxyl groups excluding tert-OH is 1. The minimum Gasteiger partial charge on any atom is -0.395 e. The molecule has 1 aliphatic heterocycles. The predicted octanol–water partition coefficient (Wildman–Crippen LogP) is 0.942. The van der Waals surface area contributed by atoms with E-state index >= 15 is 0 Å². The smallest absolute Gasteiger partial charge is 0.254 e. The van der Waals surface area contributed by atoms with Gasteiger partial charge in [0.25, 0.3) is 10.0 Å². The van der Waals surface area contributed by atoms with Crippen molar-refractivity contribution in [1.29, 1.82) is 0 Å². The normalized spacial score (nSPS) is 22.8. The van der Waals surface area contributed by atoms with E-state index in [9.17, 15) is 8.42 Å². The monoisotopic (exact) mass is 282 g/mol. The van der Waals surface area contributed by atoms with Crippen LogP contribution in [0.15, 0.2) is 10.4 Å². The SMILES string of the molecule is O=S(=O)(c1cnc(Cl)s1)N1CCCC1CO. The lowest BCUT2D eigenvalue weighted by Gasteiger charge is -2.20. The highest BCUT2D eigenvalue weighted by molar-refractivity contribution is 7.91. The molecule has 0 amide bonds. The van der Waals surface area contributed by atoms with Crippen LogP contribution in [-0.4, -0.2) is 42.0 Å². The summed E-state index contributed by atoms with van der Waals surface area (Å²) in [6.45, 7) is 0.300. The topological polar surface area (TPSA) is 70.5 Å². The van der Waals surface area contributed by atoms with E-state index in [-0.39, 0.29) is 21.3 Å². The summed E-state index contributed by atoms with van der Waals surface area (Å²) in [6, 6.07) is -0.314. The minimum absolute atomic E-state index is 0.137. The Morgan fingerprint density at radius 1 is 1.69 bits per heavy atom. The Balaban J connectivity index is 2.32. The Morgan fingerprint density at radius 2 is 2.44 bits per heavy atom. The van der Waals surface area contributed by atoms with Gasteiger partial charge in [-0.3, -0.25) is 0 Å². The lowest BCUT2D eigenvalue weighted by molar-refractivity contribution is 0.213. The summed E-state index contributed by atoms with van der Waals surface area (Å²) < 4.78 is 26.0. The molecule has 2 rings (SSSR count). The largest absolute Gasteiger partial charge is 0.395 e. The van der Waals surface area contributed by atoms with Gasteiger partial charge in [-0.1, -0.05) is 22.9 Å². The van der Waals surface area contributed by atoms with Crippen LogP contribution in [0.4, 0.5) is 0 Å². The van der Waals surface area contributed by atoms with Crippen LogP contribution in [0.3, 0.4) is 0 Å². The van der Waals surface area contributed by atoms with Crippen molar-refractivity contribution in [3.8, 4) is 0 Å². The summed E-state index contributed by atoms with van der Waals surface area (Å²) in [4.78, 5) is 3.72. The van der Waals surface area contributed by atoms with Crippen LogP contribution in [0.5, 0.6) is 0 Å². The molecule has 1 N–H and O–H groups in total. The molecule has 5 nitrogen and oxygen atoms in total. The van der Waals surface area contributed by atoms with Crippen molar-refractivity contribution in [3.05, 3.63) is 10.7 Å². The van der Waals surface area contributed by atoms with Gasteiger partial charge >= 0.3 is 0 Å². The highest BCUT2D eigenvalue weighted by Gasteiger charge is 2.35. The van der Waals surface area contributed by atoms with Gasteiger partial charge in [-0.2, -0.15) is 4.31 Å². The van der Waals surface area contributed by atoms with Gasteiger partial charge in [-0.05, 0) is 12.8 Å². The minimum atomic E-state index is -3.53. The van der Waals surface area contributed by atoms with Gasteiger partial charge in [-0.25, -0.2) is 13.4 Å². The lowest BCUT2D eigenvalue weighted by atomic mass is 10.2. The summed E-state index contributed by atoms with van der Waals surface area (Å²) in [5, 5.41) is 9.11. The Hall–Kier alpha value is -0.210. The highest BCUT2D eigenvalue weighted by Crippen LogP contribution is 2.30. The first-order valence-corrected chi connectivity index (χ1v) is 7.43. The molecule has 2 heterocycles. The first-order valence-electron chi connectivity index (χ1n) is 4.79. The van der Waals surface area contributed by atoms with Gasteiger partial charge in [0, 0.05) is 12.6 Å². The highest BCUT2D eigenvalue weighted by atomic mass is 35.5. The summed E-state index contributed by atoms with van der Waals surface area (Å²) in [6.07, 6.45) is 2.73. The number of nitrogens with zero attached hydrogens (tertiary/aromatic N) is 2. The molecule has 1 aromatic rings. The molecule has 1 unspecified atom stereocenters. The van der Waals surface area contributed by atoms with Crippen LogP contribution in [-0.2, 0) is 10.0 Å². The third-order valence-corrected chi connectivity index (χ3v) is 6.06. The Labute approximate surface area is 103 Å². The second kappa shape index (κ2) is 4.58. The van der Waals surface area contributed by atoms with E-state index in [1.807, 2.05) is 0 Å². The van der Waals surface area contributed by atoms with Gasteiger partial charge in [-0.15, -0.1) is 0 Å². The zero-order valence-corrected chi connectivity index (χ0v) is 10.7. The van der Waals surface area contributed by atoms with Crippen molar-refractivity contribution in [2.24, 2.45) is 0 Å². The van der Waals surface area contributed by atoms with Crippen LogP contribution in [0.1, 0.15) is 12.8 Å². The number of hydrogen-bond acceptors (Lipinski definition) is 5. The van der Waals surface area contributed by atoms with Crippen LogP contribution >= 0.6 is 22.9 Å². The van der Waals surface area contributed by atoms with Gasteiger partial charge in [0.05, 0.1) is 12.8 Å². The second-order valence-corrected chi connectivity index (χ2v) is 7.26. The van der Waals surface area contributed by atoms with Crippen molar-refractivity contribution in [2.75, 3.05) is 13.2 Å². The quantitative estimate of drug-likeness (QED) is 0.896. The van der Waals surface area contributed by atoms with Crippen LogP contribution in [0, 0.1) is 0 Å². The molecule has 0 saturated carbocycles. The molecule has 1 fully saturated rings. The third-order valence-electron chi connectivity index (χ3n) is 2.55. The van der Waals surface area contributed by atoms with Crippen LogP contribution in [0.2, 0.25) is 4.47 Å². The first-order chi connectivity index (χ1) is 7.55. The number of rotatable bonds is 3. The number of halogens is 1. The molecule has 90 valence electrons. The molecular formula is C8H11ClN2O3S2. The molecule has 0 bridgehead atoms. The van der Waals surface area contributed by atoms with Crippen molar-refractivity contribution in [2.45, 2.75) is 23.1 Å². The molecule has 1 saturated heterocycles. The molecule has 0 radical (unpaired) electrons. The average molecular weight is 283 g/mol. The molecule has 1 atom stereocenters. The fourth-order valence-electron chi connectivity index (χ4n) is 1.78. The van der Waals surface area contributed by atoms with Gasteiger partial charge in [0.1, 0.15) is 0 Å². The Bertz CT molecular complexity index is 473. The summed E-state index contributed by atoms with van der Waals surface area (Å²) >= 11 is 6.56. The maximum Gasteiger partial charge on any atom is 0.254 e. The molecule has 0 spiro atoms. The van der Waals surface area contributed by atoms with Crippen molar-refractivity contribution >= 4 is 33.0 Å². The zero-order valence-electron chi connectivity index (χ0n) is 8.34. The Morgan fingerprint density at radius 3 is 3.00 bits per heavy atom. The predicted molar refractivity (Wildman–Crippen MR) is 61.1 cm³/mol. The van der Waals surface area contributed by atoms with Crippen molar-refractivity contribution in [1.82, 2.24) is 9.29 Å². The lowest BCUT2D eigenvalue weighted by Crippen LogP contribution is -2.37. The van der Waals surface area contributed by atoms with E-state index in [0.29, 0.717) is 13.0 Å². The Kier molecular flexibility index (Phi) is 3.50. The van der Waals surface area contributed by atoms with E-state index in [0.717, 1.165) is 17.8 Å². The molecule has 8 heteroatoms. The standard InChI is InChI=1S/C8H11ClN2O3S2/c9-8-10-4-7(15-8)16(13,14)11-3-1-2-6(11)5-12/h4,6,12H,1-3,5H2. The van der Waals surface area contributed by atoms with E-state index in [1.54, 1.807) is 0 Å².